The van der Waals surface area contributed by atoms with Gasteiger partial charge in [-0.3, -0.25) is 14.7 Å². The van der Waals surface area contributed by atoms with Gasteiger partial charge in [0, 0.05) is 80.4 Å². The van der Waals surface area contributed by atoms with E-state index in [9.17, 15) is 4.79 Å². The molecule has 1 fully saturated rings. The smallest absolute Gasteiger partial charge is 0.255 e. The normalized spacial score (nSPS) is 14.1. The summed E-state index contributed by atoms with van der Waals surface area (Å²) < 4.78 is 5.51. The summed E-state index contributed by atoms with van der Waals surface area (Å²) in [4.78, 5) is 31.2. The van der Waals surface area contributed by atoms with Crippen LogP contribution in [0.1, 0.15) is 34.0 Å². The molecule has 1 amide bonds. The van der Waals surface area contributed by atoms with Crippen molar-refractivity contribution in [2.75, 3.05) is 50.5 Å². The molecule has 0 bridgehead atoms. The van der Waals surface area contributed by atoms with Crippen molar-refractivity contribution in [3.63, 3.8) is 0 Å². The van der Waals surface area contributed by atoms with Gasteiger partial charge in [0.2, 0.25) is 5.95 Å². The van der Waals surface area contributed by atoms with Gasteiger partial charge in [-0.1, -0.05) is 18.2 Å². The van der Waals surface area contributed by atoms with Crippen molar-refractivity contribution in [1.82, 2.24) is 24.8 Å². The Balaban J connectivity index is 1.23. The maximum absolute atomic E-state index is 13.0. The minimum atomic E-state index is -0.149. The largest absolute Gasteiger partial charge is 0.377 e. The minimum Gasteiger partial charge on any atom is -0.377 e. The van der Waals surface area contributed by atoms with Crippen molar-refractivity contribution >= 4 is 23.2 Å². The number of anilines is 3. The fourth-order valence-corrected chi connectivity index (χ4v) is 4.69. The molecule has 0 spiro atoms. The number of rotatable bonds is 10. The summed E-state index contributed by atoms with van der Waals surface area (Å²) in [7, 11) is 2.16. The van der Waals surface area contributed by atoms with Gasteiger partial charge in [-0.2, -0.15) is 0 Å². The first-order chi connectivity index (χ1) is 20.0. The molecule has 9 nitrogen and oxygen atoms in total. The van der Waals surface area contributed by atoms with Crippen molar-refractivity contribution in [2.24, 2.45) is 0 Å². The van der Waals surface area contributed by atoms with E-state index < -0.39 is 0 Å². The first kappa shape index (κ1) is 28.4. The predicted octanol–water partition coefficient (Wildman–Crippen LogP) is 5.13. The van der Waals surface area contributed by atoms with E-state index >= 15 is 0 Å². The second-order valence-corrected chi connectivity index (χ2v) is 10.4. The lowest BCUT2D eigenvalue weighted by Gasteiger charge is -2.32. The van der Waals surface area contributed by atoms with Gasteiger partial charge in [-0.25, -0.2) is 9.97 Å². The summed E-state index contributed by atoms with van der Waals surface area (Å²) in [5, 5.41) is 6.33. The average molecular weight is 552 g/mol. The second-order valence-electron chi connectivity index (χ2n) is 10.4. The van der Waals surface area contributed by atoms with Crippen LogP contribution in [0.3, 0.4) is 0 Å². The number of pyridine rings is 1. The summed E-state index contributed by atoms with van der Waals surface area (Å²) in [6, 6.07) is 17.5. The average Bonchev–Trinajstić information content (AvgIpc) is 2.99. The van der Waals surface area contributed by atoms with Gasteiger partial charge in [0.25, 0.3) is 5.91 Å². The summed E-state index contributed by atoms with van der Waals surface area (Å²) in [6.45, 7) is 10.3. The highest BCUT2D eigenvalue weighted by Crippen LogP contribution is 2.25. The third-order valence-electron chi connectivity index (χ3n) is 7.18. The van der Waals surface area contributed by atoms with Gasteiger partial charge >= 0.3 is 0 Å². The lowest BCUT2D eigenvalue weighted by molar-refractivity contribution is 0.102. The van der Waals surface area contributed by atoms with Crippen molar-refractivity contribution in [3.8, 4) is 11.3 Å². The van der Waals surface area contributed by atoms with Gasteiger partial charge in [-0.15, -0.1) is 0 Å². The SMILES string of the molecule is CCOCc1cncc(-c2ccnc(Nc3cc(NC(=O)c4ccc(CN5CCN(C)CC5)cc4)ccc3C)n2)c1. The summed E-state index contributed by atoms with van der Waals surface area (Å²) in [6.07, 6.45) is 5.29. The van der Waals surface area contributed by atoms with Crippen LogP contribution in [0.2, 0.25) is 0 Å². The summed E-state index contributed by atoms with van der Waals surface area (Å²) in [5.74, 6) is 0.309. The number of hydrogen-bond acceptors (Lipinski definition) is 8. The third-order valence-corrected chi connectivity index (χ3v) is 7.18. The molecule has 5 rings (SSSR count). The van der Waals surface area contributed by atoms with Crippen molar-refractivity contribution < 1.29 is 9.53 Å². The number of benzene rings is 2. The number of carbonyl (C=O) groups excluding carboxylic acids is 1. The molecule has 1 aliphatic rings. The number of carbonyl (C=O) groups is 1. The molecule has 4 aromatic rings. The monoisotopic (exact) mass is 551 g/mol. The minimum absolute atomic E-state index is 0.149. The van der Waals surface area contributed by atoms with E-state index in [2.05, 4.69) is 37.4 Å². The van der Waals surface area contributed by atoms with E-state index in [0.717, 1.165) is 60.8 Å². The molecule has 0 radical (unpaired) electrons. The van der Waals surface area contributed by atoms with Gasteiger partial charge in [0.15, 0.2) is 0 Å². The highest BCUT2D eigenvalue weighted by molar-refractivity contribution is 6.04. The maximum atomic E-state index is 13.0. The molecule has 1 saturated heterocycles. The molecule has 2 aromatic heterocycles. The molecule has 3 heterocycles. The molecule has 9 heteroatoms. The van der Waals surface area contributed by atoms with E-state index in [1.54, 1.807) is 18.6 Å². The quantitative estimate of drug-likeness (QED) is 0.280. The van der Waals surface area contributed by atoms with Gasteiger partial charge in [0.1, 0.15) is 0 Å². The molecule has 0 unspecified atom stereocenters. The Morgan fingerprint density at radius 1 is 0.976 bits per heavy atom. The van der Waals surface area contributed by atoms with Crippen LogP contribution < -0.4 is 10.6 Å². The third kappa shape index (κ3) is 7.73. The van der Waals surface area contributed by atoms with Crippen LogP contribution in [0.15, 0.2) is 73.2 Å². The van der Waals surface area contributed by atoms with E-state index in [0.29, 0.717) is 30.4 Å². The van der Waals surface area contributed by atoms with Crippen LogP contribution in [0.25, 0.3) is 11.3 Å². The van der Waals surface area contributed by atoms with E-state index in [4.69, 9.17) is 9.72 Å². The standard InChI is InChI=1S/C32H37N7O2/c1-4-41-22-25-17-27(20-33-19-25)29-11-12-34-32(36-29)37-30-18-28(10-5-23(30)2)35-31(40)26-8-6-24(7-9-26)21-39-15-13-38(3)14-16-39/h5-12,17-20H,4,13-16,21-22H2,1-3H3,(H,35,40)(H,34,36,37). The molecule has 0 aliphatic carbocycles. The lowest BCUT2D eigenvalue weighted by Crippen LogP contribution is -2.43. The Morgan fingerprint density at radius 2 is 1.78 bits per heavy atom. The van der Waals surface area contributed by atoms with Gasteiger partial charge < -0.3 is 20.3 Å². The van der Waals surface area contributed by atoms with Crippen molar-refractivity contribution in [1.29, 1.82) is 0 Å². The number of piperazine rings is 1. The highest BCUT2D eigenvalue weighted by Gasteiger charge is 2.15. The number of ether oxygens (including phenoxy) is 1. The maximum Gasteiger partial charge on any atom is 0.255 e. The fraction of sp³-hybridized carbons (Fsp3) is 0.312. The second kappa shape index (κ2) is 13.5. The van der Waals surface area contributed by atoms with Crippen LogP contribution in [0.5, 0.6) is 0 Å². The van der Waals surface area contributed by atoms with Crippen molar-refractivity contribution in [3.05, 3.63) is 95.4 Å². The van der Waals surface area contributed by atoms with E-state index in [1.165, 1.54) is 5.56 Å². The van der Waals surface area contributed by atoms with Gasteiger partial charge in [0.05, 0.1) is 12.3 Å². The number of nitrogens with zero attached hydrogens (tertiary/aromatic N) is 5. The van der Waals surface area contributed by atoms with E-state index in [-0.39, 0.29) is 5.91 Å². The summed E-state index contributed by atoms with van der Waals surface area (Å²) >= 11 is 0. The highest BCUT2D eigenvalue weighted by atomic mass is 16.5. The van der Waals surface area contributed by atoms with Crippen LogP contribution >= 0.6 is 0 Å². The van der Waals surface area contributed by atoms with Crippen LogP contribution in [-0.4, -0.2) is 70.5 Å². The predicted molar refractivity (Wildman–Crippen MR) is 162 cm³/mol. The van der Waals surface area contributed by atoms with Crippen molar-refractivity contribution in [2.45, 2.75) is 27.0 Å². The number of nitrogens with one attached hydrogen (secondary N) is 2. The molecule has 0 atom stereocenters. The molecule has 41 heavy (non-hydrogen) atoms. The molecule has 1 aliphatic heterocycles. The molecular formula is C32H37N7O2. The number of likely N-dealkylation sites (N-methyl/N-ethyl adjacent to an activating group) is 1. The number of aromatic nitrogens is 3. The Morgan fingerprint density at radius 3 is 2.56 bits per heavy atom. The zero-order valence-electron chi connectivity index (χ0n) is 23.9. The zero-order chi connectivity index (χ0) is 28.6. The number of hydrogen-bond donors (Lipinski definition) is 2. The zero-order valence-corrected chi connectivity index (χ0v) is 23.9. The Labute approximate surface area is 241 Å². The fourth-order valence-electron chi connectivity index (χ4n) is 4.69. The first-order valence-electron chi connectivity index (χ1n) is 14.0. The van der Waals surface area contributed by atoms with E-state index in [1.807, 2.05) is 68.4 Å². The van der Waals surface area contributed by atoms with Crippen LogP contribution in [0, 0.1) is 6.92 Å². The molecular weight excluding hydrogens is 514 g/mol. The molecule has 2 aromatic carbocycles. The van der Waals surface area contributed by atoms with Crippen LogP contribution in [0.4, 0.5) is 17.3 Å². The molecule has 2 N–H and O–H groups in total. The number of aryl methyl sites for hydroxylation is 1. The topological polar surface area (TPSA) is 95.5 Å². The molecule has 212 valence electrons. The molecule has 0 saturated carbocycles. The van der Waals surface area contributed by atoms with Crippen LogP contribution in [-0.2, 0) is 17.9 Å². The van der Waals surface area contributed by atoms with Gasteiger partial charge in [-0.05, 0) is 74.0 Å². The first-order valence-corrected chi connectivity index (χ1v) is 14.0. The Bertz CT molecular complexity index is 1470. The Hall–Kier alpha value is -4.18. The number of amides is 1. The summed E-state index contributed by atoms with van der Waals surface area (Å²) in [5.41, 5.74) is 6.98. The Kier molecular flexibility index (Phi) is 9.30. The lowest BCUT2D eigenvalue weighted by atomic mass is 10.1.